The highest BCUT2D eigenvalue weighted by atomic mass is 15.2. The van der Waals surface area contributed by atoms with E-state index in [2.05, 4.69) is 66.5 Å². The highest BCUT2D eigenvalue weighted by Crippen LogP contribution is 2.24. The molecule has 0 bridgehead atoms. The van der Waals surface area contributed by atoms with Crippen molar-refractivity contribution in [2.24, 2.45) is 0 Å². The van der Waals surface area contributed by atoms with Gasteiger partial charge in [0.1, 0.15) is 0 Å². The molecule has 1 saturated heterocycles. The van der Waals surface area contributed by atoms with E-state index in [1.807, 2.05) is 0 Å². The third kappa shape index (κ3) is 2.96. The summed E-state index contributed by atoms with van der Waals surface area (Å²) in [7, 11) is 0. The molecule has 2 aromatic rings. The molecule has 0 amide bonds. The number of piperidine rings is 1. The van der Waals surface area contributed by atoms with Gasteiger partial charge < -0.3 is 10.2 Å². The third-order valence-corrected chi connectivity index (χ3v) is 4.09. The number of nitrogens with zero attached hydrogens (tertiary/aromatic N) is 1. The fraction of sp³-hybridized carbons (Fsp3) is 0.444. The van der Waals surface area contributed by atoms with Crippen molar-refractivity contribution in [2.75, 3.05) is 18.0 Å². The van der Waals surface area contributed by atoms with Gasteiger partial charge >= 0.3 is 0 Å². The number of hydrogen-bond donors (Lipinski definition) is 1. The van der Waals surface area contributed by atoms with E-state index in [0.717, 1.165) is 6.54 Å². The molecule has 1 aliphatic heterocycles. The molecule has 3 rings (SSSR count). The van der Waals surface area contributed by atoms with Crippen molar-refractivity contribution >= 4 is 16.5 Å². The molecule has 1 atom stereocenters. The van der Waals surface area contributed by atoms with E-state index in [-0.39, 0.29) is 0 Å². The van der Waals surface area contributed by atoms with E-state index in [9.17, 15) is 0 Å². The quantitative estimate of drug-likeness (QED) is 0.910. The van der Waals surface area contributed by atoms with Gasteiger partial charge in [0.15, 0.2) is 0 Å². The molecular weight excluding hydrogens is 244 g/mol. The predicted octanol–water partition coefficient (Wildman–Crippen LogP) is 3.81. The molecule has 0 saturated carbocycles. The van der Waals surface area contributed by atoms with E-state index in [1.54, 1.807) is 0 Å². The topological polar surface area (TPSA) is 15.3 Å². The largest absolute Gasteiger partial charge is 0.370 e. The van der Waals surface area contributed by atoms with Gasteiger partial charge in [-0.1, -0.05) is 44.2 Å². The summed E-state index contributed by atoms with van der Waals surface area (Å²) in [5.41, 5.74) is 1.36. The van der Waals surface area contributed by atoms with Gasteiger partial charge in [0.05, 0.1) is 0 Å². The zero-order valence-electron chi connectivity index (χ0n) is 12.5. The summed E-state index contributed by atoms with van der Waals surface area (Å²) in [6.07, 6.45) is 2.57. The molecule has 1 heterocycles. The molecule has 0 aliphatic carbocycles. The lowest BCUT2D eigenvalue weighted by Crippen LogP contribution is -2.47. The van der Waals surface area contributed by atoms with Crippen molar-refractivity contribution < 1.29 is 0 Å². The molecule has 106 valence electrons. The summed E-state index contributed by atoms with van der Waals surface area (Å²) in [5, 5.41) is 6.34. The Morgan fingerprint density at radius 2 is 1.90 bits per heavy atom. The van der Waals surface area contributed by atoms with Crippen LogP contribution in [0.25, 0.3) is 10.8 Å². The Hall–Kier alpha value is -1.54. The minimum absolute atomic E-state index is 0.566. The molecule has 0 aromatic heterocycles. The molecule has 1 unspecified atom stereocenters. The average molecular weight is 268 g/mol. The van der Waals surface area contributed by atoms with Crippen molar-refractivity contribution in [3.63, 3.8) is 0 Å². The minimum atomic E-state index is 0.566. The maximum atomic E-state index is 3.68. The Morgan fingerprint density at radius 3 is 2.70 bits per heavy atom. The molecule has 2 heteroatoms. The Balaban J connectivity index is 1.79. The van der Waals surface area contributed by atoms with E-state index in [4.69, 9.17) is 0 Å². The van der Waals surface area contributed by atoms with Crippen LogP contribution in [0.15, 0.2) is 42.5 Å². The summed E-state index contributed by atoms with van der Waals surface area (Å²) < 4.78 is 0. The minimum Gasteiger partial charge on any atom is -0.370 e. The van der Waals surface area contributed by atoms with Crippen LogP contribution in [0.1, 0.15) is 26.7 Å². The average Bonchev–Trinajstić information content (AvgIpc) is 2.46. The van der Waals surface area contributed by atoms with Gasteiger partial charge in [-0.05, 0) is 35.7 Å². The number of anilines is 1. The first-order chi connectivity index (χ1) is 9.72. The van der Waals surface area contributed by atoms with E-state index < -0.39 is 0 Å². The van der Waals surface area contributed by atoms with Crippen LogP contribution in [0, 0.1) is 0 Å². The Morgan fingerprint density at radius 1 is 1.10 bits per heavy atom. The molecule has 0 spiro atoms. The lowest BCUT2D eigenvalue weighted by molar-refractivity contribution is 0.395. The van der Waals surface area contributed by atoms with Crippen molar-refractivity contribution in [3.8, 4) is 0 Å². The summed E-state index contributed by atoms with van der Waals surface area (Å²) in [5.74, 6) is 0. The molecule has 2 aromatic carbocycles. The molecule has 1 fully saturated rings. The second kappa shape index (κ2) is 5.84. The Labute approximate surface area is 121 Å². The van der Waals surface area contributed by atoms with Crippen molar-refractivity contribution in [1.29, 1.82) is 0 Å². The van der Waals surface area contributed by atoms with Gasteiger partial charge in [-0.15, -0.1) is 0 Å². The summed E-state index contributed by atoms with van der Waals surface area (Å²) in [4.78, 5) is 2.52. The van der Waals surface area contributed by atoms with Crippen LogP contribution in [0.4, 0.5) is 5.69 Å². The van der Waals surface area contributed by atoms with Crippen molar-refractivity contribution in [3.05, 3.63) is 42.5 Å². The van der Waals surface area contributed by atoms with Crippen molar-refractivity contribution in [2.45, 2.75) is 38.8 Å². The number of rotatable bonds is 3. The van der Waals surface area contributed by atoms with Crippen LogP contribution in [0.3, 0.4) is 0 Å². The highest BCUT2D eigenvalue weighted by Gasteiger charge is 2.20. The van der Waals surface area contributed by atoms with Crippen LogP contribution in [-0.2, 0) is 0 Å². The maximum absolute atomic E-state index is 3.68. The first-order valence-corrected chi connectivity index (χ1v) is 7.72. The number of hydrogen-bond acceptors (Lipinski definition) is 2. The van der Waals surface area contributed by atoms with Gasteiger partial charge in [0.2, 0.25) is 0 Å². The Kier molecular flexibility index (Phi) is 3.93. The molecule has 2 nitrogen and oxygen atoms in total. The molecular formula is C18H24N2. The number of benzene rings is 2. The van der Waals surface area contributed by atoms with Crippen LogP contribution in [0.2, 0.25) is 0 Å². The predicted molar refractivity (Wildman–Crippen MR) is 87.5 cm³/mol. The molecule has 1 aliphatic rings. The molecule has 0 radical (unpaired) electrons. The lowest BCUT2D eigenvalue weighted by Gasteiger charge is -2.36. The van der Waals surface area contributed by atoms with E-state index in [0.29, 0.717) is 12.1 Å². The SMILES string of the molecule is CC(C)NC1CCCN(c2ccc3ccccc3c2)C1. The maximum Gasteiger partial charge on any atom is 0.0373 e. The van der Waals surface area contributed by atoms with Gasteiger partial charge in [-0.25, -0.2) is 0 Å². The summed E-state index contributed by atoms with van der Waals surface area (Å²) >= 11 is 0. The third-order valence-electron chi connectivity index (χ3n) is 4.09. The van der Waals surface area contributed by atoms with Crippen LogP contribution in [-0.4, -0.2) is 25.2 Å². The molecule has 20 heavy (non-hydrogen) atoms. The van der Waals surface area contributed by atoms with Crippen LogP contribution < -0.4 is 10.2 Å². The Bertz CT molecular complexity index is 576. The van der Waals surface area contributed by atoms with E-state index in [1.165, 1.54) is 35.8 Å². The van der Waals surface area contributed by atoms with Crippen LogP contribution in [0.5, 0.6) is 0 Å². The van der Waals surface area contributed by atoms with Gasteiger partial charge in [-0.3, -0.25) is 0 Å². The smallest absolute Gasteiger partial charge is 0.0373 e. The van der Waals surface area contributed by atoms with Crippen molar-refractivity contribution in [1.82, 2.24) is 5.32 Å². The highest BCUT2D eigenvalue weighted by molar-refractivity contribution is 5.85. The fourth-order valence-electron chi connectivity index (χ4n) is 3.19. The van der Waals surface area contributed by atoms with Crippen LogP contribution >= 0.6 is 0 Å². The number of fused-ring (bicyclic) bond motifs is 1. The van der Waals surface area contributed by atoms with Gasteiger partial charge in [0, 0.05) is 30.9 Å². The van der Waals surface area contributed by atoms with E-state index >= 15 is 0 Å². The second-order valence-corrected chi connectivity index (χ2v) is 6.14. The van der Waals surface area contributed by atoms with Gasteiger partial charge in [0.25, 0.3) is 0 Å². The first kappa shape index (κ1) is 13.4. The monoisotopic (exact) mass is 268 g/mol. The summed E-state index contributed by atoms with van der Waals surface area (Å²) in [6, 6.07) is 16.6. The van der Waals surface area contributed by atoms with Gasteiger partial charge in [-0.2, -0.15) is 0 Å². The second-order valence-electron chi connectivity index (χ2n) is 6.14. The normalized spacial score (nSPS) is 19.8. The zero-order valence-corrected chi connectivity index (χ0v) is 12.5. The first-order valence-electron chi connectivity index (χ1n) is 7.72. The molecule has 1 N–H and O–H groups in total. The summed E-state index contributed by atoms with van der Waals surface area (Å²) in [6.45, 7) is 6.76. The fourth-order valence-corrected chi connectivity index (χ4v) is 3.19. The standard InChI is InChI=1S/C18H24N2/c1-14(2)19-17-8-5-11-20(13-17)18-10-9-15-6-3-4-7-16(15)12-18/h3-4,6-7,9-10,12,14,17,19H,5,8,11,13H2,1-2H3. The lowest BCUT2D eigenvalue weighted by atomic mass is 10.0. The number of nitrogens with one attached hydrogen (secondary N) is 1. The zero-order chi connectivity index (χ0) is 13.9.